The van der Waals surface area contributed by atoms with Crippen LogP contribution in [0.1, 0.15) is 51.1 Å². The lowest BCUT2D eigenvalue weighted by Gasteiger charge is -2.02. The van der Waals surface area contributed by atoms with Gasteiger partial charge in [0.1, 0.15) is 0 Å². The van der Waals surface area contributed by atoms with Crippen LogP contribution in [-0.2, 0) is 0 Å². The highest BCUT2D eigenvalue weighted by atomic mass is 32.2. The number of H-pyrrole nitrogens is 1. The summed E-state index contributed by atoms with van der Waals surface area (Å²) in [6.45, 7) is 4.08. The van der Waals surface area contributed by atoms with Crippen LogP contribution < -0.4 is 5.56 Å². The molecule has 0 saturated carbocycles. The first-order chi connectivity index (χ1) is 8.22. The standard InChI is InChI=1S/C13H22N2OS/c1-3-4-5-6-7-8-9-17-13-14-11(2)10-12(16)15-13/h10H,3-9H2,1-2H3,(H,14,15,16). The van der Waals surface area contributed by atoms with Crippen LogP contribution in [0.25, 0.3) is 0 Å². The zero-order valence-electron chi connectivity index (χ0n) is 10.8. The van der Waals surface area contributed by atoms with Crippen molar-refractivity contribution in [3.05, 3.63) is 22.1 Å². The lowest BCUT2D eigenvalue weighted by atomic mass is 10.1. The fraction of sp³-hybridized carbons (Fsp3) is 0.692. The van der Waals surface area contributed by atoms with Gasteiger partial charge in [-0.1, -0.05) is 50.8 Å². The van der Waals surface area contributed by atoms with Crippen LogP contribution in [0, 0.1) is 6.92 Å². The molecule has 96 valence electrons. The Balaban J connectivity index is 2.16. The topological polar surface area (TPSA) is 45.8 Å². The molecule has 1 heterocycles. The SMILES string of the molecule is CCCCCCCCSc1nc(C)cc(=O)[nH]1. The molecule has 0 saturated heterocycles. The maximum Gasteiger partial charge on any atom is 0.251 e. The second kappa shape index (κ2) is 8.34. The molecule has 0 aliphatic rings. The molecule has 4 heteroatoms. The third-order valence-electron chi connectivity index (χ3n) is 2.58. The minimum Gasteiger partial charge on any atom is -0.301 e. The van der Waals surface area contributed by atoms with Gasteiger partial charge < -0.3 is 4.98 Å². The van der Waals surface area contributed by atoms with Gasteiger partial charge in [0.15, 0.2) is 5.16 Å². The minimum atomic E-state index is -0.0528. The van der Waals surface area contributed by atoms with Gasteiger partial charge >= 0.3 is 0 Å². The molecule has 1 aromatic rings. The van der Waals surface area contributed by atoms with Crippen molar-refractivity contribution in [1.29, 1.82) is 0 Å². The van der Waals surface area contributed by atoms with Gasteiger partial charge in [-0.3, -0.25) is 4.79 Å². The normalized spacial score (nSPS) is 10.7. The molecule has 0 unspecified atom stereocenters. The third kappa shape index (κ3) is 6.51. The first kappa shape index (κ1) is 14.3. The summed E-state index contributed by atoms with van der Waals surface area (Å²) in [4.78, 5) is 18.3. The number of aromatic nitrogens is 2. The highest BCUT2D eigenvalue weighted by molar-refractivity contribution is 7.99. The van der Waals surface area contributed by atoms with Gasteiger partial charge in [0, 0.05) is 17.5 Å². The van der Waals surface area contributed by atoms with Crippen LogP contribution in [0.4, 0.5) is 0 Å². The van der Waals surface area contributed by atoms with Crippen LogP contribution in [0.15, 0.2) is 16.0 Å². The Kier molecular flexibility index (Phi) is 7.01. The van der Waals surface area contributed by atoms with E-state index in [4.69, 9.17) is 0 Å². The van der Waals surface area contributed by atoms with Crippen molar-refractivity contribution in [3.63, 3.8) is 0 Å². The first-order valence-electron chi connectivity index (χ1n) is 6.43. The molecule has 0 aliphatic heterocycles. The first-order valence-corrected chi connectivity index (χ1v) is 7.41. The number of hydrogen-bond acceptors (Lipinski definition) is 3. The summed E-state index contributed by atoms with van der Waals surface area (Å²) in [5.41, 5.74) is 0.738. The maximum absolute atomic E-state index is 11.2. The van der Waals surface area contributed by atoms with E-state index in [0.717, 1.165) is 16.6 Å². The maximum atomic E-state index is 11.2. The second-order valence-electron chi connectivity index (χ2n) is 4.31. The van der Waals surface area contributed by atoms with Crippen LogP contribution in [0.3, 0.4) is 0 Å². The van der Waals surface area contributed by atoms with E-state index in [0.29, 0.717) is 0 Å². The Labute approximate surface area is 107 Å². The predicted molar refractivity (Wildman–Crippen MR) is 73.7 cm³/mol. The van der Waals surface area contributed by atoms with E-state index in [-0.39, 0.29) is 5.56 Å². The Morgan fingerprint density at radius 2 is 1.94 bits per heavy atom. The summed E-state index contributed by atoms with van der Waals surface area (Å²) in [7, 11) is 0. The van der Waals surface area contributed by atoms with Crippen molar-refractivity contribution in [3.8, 4) is 0 Å². The van der Waals surface area contributed by atoms with Crippen molar-refractivity contribution in [2.24, 2.45) is 0 Å². The fourth-order valence-corrected chi connectivity index (χ4v) is 2.59. The van der Waals surface area contributed by atoms with Crippen LogP contribution in [0.5, 0.6) is 0 Å². The Bertz CT molecular complexity index is 376. The molecular weight excluding hydrogens is 232 g/mol. The van der Waals surface area contributed by atoms with Gasteiger partial charge in [-0.05, 0) is 13.3 Å². The van der Waals surface area contributed by atoms with Crippen LogP contribution in [-0.4, -0.2) is 15.7 Å². The lowest BCUT2D eigenvalue weighted by molar-refractivity contribution is 0.626. The Morgan fingerprint density at radius 1 is 1.24 bits per heavy atom. The molecule has 0 fully saturated rings. The molecule has 1 aromatic heterocycles. The zero-order chi connectivity index (χ0) is 12.5. The average molecular weight is 254 g/mol. The fourth-order valence-electron chi connectivity index (χ4n) is 1.67. The number of hydrogen-bond donors (Lipinski definition) is 1. The van der Waals surface area contributed by atoms with E-state index < -0.39 is 0 Å². The quantitative estimate of drug-likeness (QED) is 0.438. The van der Waals surface area contributed by atoms with Crippen LogP contribution >= 0.6 is 11.8 Å². The number of aromatic amines is 1. The molecule has 0 amide bonds. The Morgan fingerprint density at radius 3 is 2.65 bits per heavy atom. The number of unbranched alkanes of at least 4 members (excludes halogenated alkanes) is 5. The second-order valence-corrected chi connectivity index (χ2v) is 5.39. The summed E-state index contributed by atoms with van der Waals surface area (Å²) in [5, 5.41) is 0.753. The van der Waals surface area contributed by atoms with Crippen molar-refractivity contribution >= 4 is 11.8 Å². The minimum absolute atomic E-state index is 0.0528. The molecule has 0 aliphatic carbocycles. The summed E-state index contributed by atoms with van der Waals surface area (Å²) in [5.74, 6) is 1.04. The molecule has 17 heavy (non-hydrogen) atoms. The highest BCUT2D eigenvalue weighted by Gasteiger charge is 1.98. The van der Waals surface area contributed by atoms with Gasteiger partial charge in [-0.2, -0.15) is 0 Å². The molecule has 0 radical (unpaired) electrons. The molecule has 1 N–H and O–H groups in total. The number of rotatable bonds is 8. The zero-order valence-corrected chi connectivity index (χ0v) is 11.6. The van der Waals surface area contributed by atoms with Crippen molar-refractivity contribution in [2.75, 3.05) is 5.75 Å². The van der Waals surface area contributed by atoms with E-state index in [1.807, 2.05) is 6.92 Å². The molecular formula is C13H22N2OS. The Hall–Kier alpha value is -0.770. The summed E-state index contributed by atoms with van der Waals surface area (Å²) in [6.07, 6.45) is 7.80. The van der Waals surface area contributed by atoms with Crippen molar-refractivity contribution in [2.45, 2.75) is 57.5 Å². The lowest BCUT2D eigenvalue weighted by Crippen LogP contribution is -2.08. The molecule has 0 spiro atoms. The molecule has 1 rings (SSSR count). The van der Waals surface area contributed by atoms with E-state index in [1.54, 1.807) is 11.8 Å². The van der Waals surface area contributed by atoms with Gasteiger partial charge in [0.05, 0.1) is 0 Å². The van der Waals surface area contributed by atoms with Crippen LogP contribution in [0.2, 0.25) is 0 Å². The smallest absolute Gasteiger partial charge is 0.251 e. The molecule has 0 aromatic carbocycles. The highest BCUT2D eigenvalue weighted by Crippen LogP contribution is 2.15. The van der Waals surface area contributed by atoms with E-state index >= 15 is 0 Å². The third-order valence-corrected chi connectivity index (χ3v) is 3.54. The average Bonchev–Trinajstić information content (AvgIpc) is 2.26. The molecule has 0 atom stereocenters. The van der Waals surface area contributed by atoms with Gasteiger partial charge in [-0.15, -0.1) is 0 Å². The summed E-state index contributed by atoms with van der Waals surface area (Å²) in [6, 6.07) is 1.52. The van der Waals surface area contributed by atoms with Gasteiger partial charge in [0.25, 0.3) is 5.56 Å². The van der Waals surface area contributed by atoms with Crippen molar-refractivity contribution in [1.82, 2.24) is 9.97 Å². The number of aryl methyl sites for hydroxylation is 1. The number of thioether (sulfide) groups is 1. The predicted octanol–water partition coefficient (Wildman–Crippen LogP) is 3.53. The number of nitrogens with one attached hydrogen (secondary N) is 1. The summed E-state index contributed by atoms with van der Waals surface area (Å²) >= 11 is 1.65. The van der Waals surface area contributed by atoms with Gasteiger partial charge in [0.2, 0.25) is 0 Å². The van der Waals surface area contributed by atoms with E-state index in [1.165, 1.54) is 44.6 Å². The van der Waals surface area contributed by atoms with Crippen molar-refractivity contribution < 1.29 is 0 Å². The summed E-state index contributed by atoms with van der Waals surface area (Å²) < 4.78 is 0. The monoisotopic (exact) mass is 254 g/mol. The number of nitrogens with zero attached hydrogens (tertiary/aromatic N) is 1. The van der Waals surface area contributed by atoms with Gasteiger partial charge in [-0.25, -0.2) is 4.98 Å². The van der Waals surface area contributed by atoms with E-state index in [2.05, 4.69) is 16.9 Å². The largest absolute Gasteiger partial charge is 0.301 e. The molecule has 3 nitrogen and oxygen atoms in total. The molecule has 0 bridgehead atoms. The van der Waals surface area contributed by atoms with E-state index in [9.17, 15) is 4.79 Å².